The van der Waals surface area contributed by atoms with Crippen molar-refractivity contribution in [3.8, 4) is 0 Å². The third kappa shape index (κ3) is 3.05. The van der Waals surface area contributed by atoms with Crippen molar-refractivity contribution in [1.82, 2.24) is 9.36 Å². The number of carboxylic acid groups (broad SMARTS) is 1. The lowest BCUT2D eigenvalue weighted by Crippen LogP contribution is -2.07. The van der Waals surface area contributed by atoms with E-state index in [9.17, 15) is 18.0 Å². The first-order chi connectivity index (χ1) is 9.27. The van der Waals surface area contributed by atoms with E-state index in [4.69, 9.17) is 5.11 Å². The largest absolute Gasteiger partial charge is 0.478 e. The number of aromatic carboxylic acids is 1. The van der Waals surface area contributed by atoms with E-state index in [-0.39, 0.29) is 10.7 Å². The minimum atomic E-state index is -4.60. The molecule has 1 aromatic heterocycles. The third-order valence-corrected chi connectivity index (χ3v) is 3.03. The van der Waals surface area contributed by atoms with Gasteiger partial charge in [0.15, 0.2) is 0 Å². The molecule has 0 unspecified atom stereocenters. The number of nitrogens with one attached hydrogen (secondary N) is 1. The number of hydrogen-bond acceptors (Lipinski definition) is 5. The van der Waals surface area contributed by atoms with Crippen LogP contribution in [-0.2, 0) is 6.18 Å². The molecular weight excluding hydrogens is 295 g/mol. The van der Waals surface area contributed by atoms with E-state index in [2.05, 4.69) is 14.7 Å². The quantitative estimate of drug-likeness (QED) is 0.910. The van der Waals surface area contributed by atoms with E-state index in [1.807, 2.05) is 0 Å². The maximum Gasteiger partial charge on any atom is 0.452 e. The number of rotatable bonds is 3. The zero-order valence-electron chi connectivity index (χ0n) is 10.0. The van der Waals surface area contributed by atoms with Crippen LogP contribution in [0.15, 0.2) is 18.2 Å². The number of aryl methyl sites for hydroxylation is 1. The summed E-state index contributed by atoms with van der Waals surface area (Å²) in [6.07, 6.45) is -4.60. The molecule has 0 fully saturated rings. The van der Waals surface area contributed by atoms with Crippen LogP contribution in [0, 0.1) is 6.92 Å². The Hall–Kier alpha value is -2.16. The number of anilines is 2. The predicted octanol–water partition coefficient (Wildman–Crippen LogP) is 3.31. The Balaban J connectivity index is 2.24. The highest BCUT2D eigenvalue weighted by atomic mass is 32.1. The van der Waals surface area contributed by atoms with Gasteiger partial charge in [0, 0.05) is 17.2 Å². The van der Waals surface area contributed by atoms with Crippen LogP contribution in [0.1, 0.15) is 21.7 Å². The highest BCUT2D eigenvalue weighted by molar-refractivity contribution is 7.09. The second-order valence-electron chi connectivity index (χ2n) is 3.88. The number of halogens is 3. The smallest absolute Gasteiger partial charge is 0.452 e. The van der Waals surface area contributed by atoms with Gasteiger partial charge in [-0.05, 0) is 24.6 Å². The van der Waals surface area contributed by atoms with E-state index in [1.165, 1.54) is 6.07 Å². The topological polar surface area (TPSA) is 75.1 Å². The van der Waals surface area contributed by atoms with Crippen LogP contribution >= 0.6 is 11.5 Å². The van der Waals surface area contributed by atoms with Crippen LogP contribution < -0.4 is 5.32 Å². The van der Waals surface area contributed by atoms with Crippen LogP contribution in [0.4, 0.5) is 24.0 Å². The second-order valence-corrected chi connectivity index (χ2v) is 4.63. The third-order valence-electron chi connectivity index (χ3n) is 2.40. The molecule has 20 heavy (non-hydrogen) atoms. The minimum absolute atomic E-state index is 0.0579. The molecule has 0 atom stereocenters. The van der Waals surface area contributed by atoms with E-state index in [1.54, 1.807) is 19.1 Å². The summed E-state index contributed by atoms with van der Waals surface area (Å²) >= 11 is 0.550. The summed E-state index contributed by atoms with van der Waals surface area (Å²) in [6, 6.07) is 4.43. The molecule has 2 N–H and O–H groups in total. The van der Waals surface area contributed by atoms with Gasteiger partial charge < -0.3 is 10.4 Å². The Labute approximate surface area is 115 Å². The molecule has 1 heterocycles. The second kappa shape index (κ2) is 5.08. The lowest BCUT2D eigenvalue weighted by atomic mass is 10.1. The Morgan fingerprint density at radius 3 is 2.65 bits per heavy atom. The van der Waals surface area contributed by atoms with Crippen molar-refractivity contribution < 1.29 is 23.1 Å². The van der Waals surface area contributed by atoms with Crippen molar-refractivity contribution in [2.24, 2.45) is 0 Å². The van der Waals surface area contributed by atoms with E-state index < -0.39 is 18.0 Å². The molecule has 0 aliphatic heterocycles. The number of carboxylic acids is 1. The van der Waals surface area contributed by atoms with Gasteiger partial charge >= 0.3 is 12.1 Å². The molecule has 0 aliphatic carbocycles. The van der Waals surface area contributed by atoms with Gasteiger partial charge in [-0.15, -0.1) is 0 Å². The fourth-order valence-corrected chi connectivity index (χ4v) is 2.05. The van der Waals surface area contributed by atoms with Crippen molar-refractivity contribution >= 4 is 28.3 Å². The summed E-state index contributed by atoms with van der Waals surface area (Å²) < 4.78 is 40.2. The highest BCUT2D eigenvalue weighted by Gasteiger charge is 2.36. The fourth-order valence-electron chi connectivity index (χ4n) is 1.44. The molecule has 0 saturated heterocycles. The zero-order chi connectivity index (χ0) is 14.9. The van der Waals surface area contributed by atoms with Crippen LogP contribution in [-0.4, -0.2) is 20.4 Å². The van der Waals surface area contributed by atoms with Gasteiger partial charge in [0.1, 0.15) is 0 Å². The van der Waals surface area contributed by atoms with Crippen LogP contribution in [0.2, 0.25) is 0 Å². The summed E-state index contributed by atoms with van der Waals surface area (Å²) in [7, 11) is 0. The molecule has 2 aromatic rings. The molecule has 1 aromatic carbocycles. The maximum absolute atomic E-state index is 12.3. The maximum atomic E-state index is 12.3. The van der Waals surface area contributed by atoms with Crippen molar-refractivity contribution in [2.75, 3.05) is 5.32 Å². The molecule has 0 amide bonds. The average molecular weight is 303 g/mol. The number of aromatic nitrogens is 2. The predicted molar refractivity (Wildman–Crippen MR) is 66.3 cm³/mol. The summed E-state index contributed by atoms with van der Waals surface area (Å²) in [5.41, 5.74) is 0.949. The van der Waals surface area contributed by atoms with Crippen molar-refractivity contribution in [2.45, 2.75) is 13.1 Å². The number of nitrogens with zero attached hydrogens (tertiary/aromatic N) is 2. The first-order valence-corrected chi connectivity index (χ1v) is 6.06. The molecule has 0 aliphatic rings. The monoisotopic (exact) mass is 303 g/mol. The molecular formula is C11H8F3N3O2S. The molecule has 0 spiro atoms. The number of benzene rings is 1. The number of hydrogen-bond donors (Lipinski definition) is 2. The molecule has 2 rings (SSSR count). The summed E-state index contributed by atoms with van der Waals surface area (Å²) in [5.74, 6) is -2.34. The molecule has 0 radical (unpaired) electrons. The molecule has 0 saturated carbocycles. The van der Waals surface area contributed by atoms with Gasteiger partial charge in [-0.3, -0.25) is 0 Å². The van der Waals surface area contributed by atoms with Crippen molar-refractivity contribution in [1.29, 1.82) is 0 Å². The molecule has 9 heteroatoms. The van der Waals surface area contributed by atoms with Gasteiger partial charge in [0.2, 0.25) is 11.0 Å². The van der Waals surface area contributed by atoms with Gasteiger partial charge in [-0.2, -0.15) is 22.5 Å². The minimum Gasteiger partial charge on any atom is -0.478 e. The highest BCUT2D eigenvalue weighted by Crippen LogP contribution is 2.30. The van der Waals surface area contributed by atoms with E-state index in [0.717, 1.165) is 0 Å². The first kappa shape index (κ1) is 14.3. The molecule has 5 nitrogen and oxygen atoms in total. The molecule has 0 bridgehead atoms. The molecule has 106 valence electrons. The van der Waals surface area contributed by atoms with Crippen LogP contribution in [0.25, 0.3) is 0 Å². The normalized spacial score (nSPS) is 11.4. The Kier molecular flexibility index (Phi) is 3.62. The zero-order valence-corrected chi connectivity index (χ0v) is 10.8. The van der Waals surface area contributed by atoms with Crippen LogP contribution in [0.3, 0.4) is 0 Å². The summed E-state index contributed by atoms with van der Waals surface area (Å²) in [6.45, 7) is 1.62. The Bertz CT molecular complexity index is 655. The number of carbonyl (C=O) groups is 1. The van der Waals surface area contributed by atoms with Crippen LogP contribution in [0.5, 0.6) is 0 Å². The van der Waals surface area contributed by atoms with Gasteiger partial charge in [0.25, 0.3) is 0 Å². The van der Waals surface area contributed by atoms with Gasteiger partial charge in [0.05, 0.1) is 5.56 Å². The van der Waals surface area contributed by atoms with Crippen molar-refractivity contribution in [3.63, 3.8) is 0 Å². The fraction of sp³-hybridized carbons (Fsp3) is 0.182. The van der Waals surface area contributed by atoms with E-state index >= 15 is 0 Å². The summed E-state index contributed by atoms with van der Waals surface area (Å²) in [5, 5.41) is 11.5. The van der Waals surface area contributed by atoms with Gasteiger partial charge in [-0.25, -0.2) is 4.79 Å². The van der Waals surface area contributed by atoms with E-state index in [0.29, 0.717) is 22.8 Å². The van der Waals surface area contributed by atoms with Gasteiger partial charge in [-0.1, -0.05) is 6.07 Å². The number of alkyl halides is 3. The Morgan fingerprint density at radius 1 is 1.40 bits per heavy atom. The summed E-state index contributed by atoms with van der Waals surface area (Å²) in [4.78, 5) is 14.3. The first-order valence-electron chi connectivity index (χ1n) is 5.29. The lowest BCUT2D eigenvalue weighted by Gasteiger charge is -2.05. The standard InChI is InChI=1S/C11H8F3N3O2S/c1-5-2-3-6(4-7(5)8(18)19)15-10-16-9(17-20-10)11(12,13)14/h2-4H,1H3,(H,18,19)(H,15,16,17). The average Bonchev–Trinajstić information content (AvgIpc) is 2.79. The SMILES string of the molecule is Cc1ccc(Nc2nc(C(F)(F)F)ns2)cc1C(=O)O. The van der Waals surface area contributed by atoms with Crippen molar-refractivity contribution in [3.05, 3.63) is 35.2 Å². The Morgan fingerprint density at radius 2 is 2.10 bits per heavy atom. The lowest BCUT2D eigenvalue weighted by molar-refractivity contribution is -0.144.